The minimum Gasteiger partial charge on any atom is -0.495 e. The summed E-state index contributed by atoms with van der Waals surface area (Å²) in [5.41, 5.74) is 0. The highest BCUT2D eigenvalue weighted by Gasteiger charge is 2.21. The van der Waals surface area contributed by atoms with Crippen LogP contribution in [0.1, 0.15) is 20.3 Å². The van der Waals surface area contributed by atoms with Crippen LogP contribution >= 0.6 is 0 Å². The topological polar surface area (TPSA) is 18.5 Å². The van der Waals surface area contributed by atoms with Gasteiger partial charge in [0.15, 0.2) is 0 Å². The molecular weight excluding hydrogens is 140 g/mol. The molecule has 1 atom stereocenters. The van der Waals surface area contributed by atoms with Crippen LogP contribution in [0.2, 0.25) is 0 Å². The fourth-order valence-electron chi connectivity index (χ4n) is 1.35. The summed E-state index contributed by atoms with van der Waals surface area (Å²) in [5.74, 6) is 1.51. The lowest BCUT2D eigenvalue weighted by atomic mass is 10.1. The molecule has 1 aliphatic rings. The van der Waals surface area contributed by atoms with Crippen LogP contribution in [0.5, 0.6) is 0 Å². The number of ether oxygens (including phenoxy) is 2. The van der Waals surface area contributed by atoms with Gasteiger partial charge in [0.05, 0.1) is 6.61 Å². The summed E-state index contributed by atoms with van der Waals surface area (Å²) in [6.07, 6.45) is 3.30. The maximum atomic E-state index is 5.40. The van der Waals surface area contributed by atoms with E-state index < -0.39 is 0 Å². The molecule has 64 valence electrons. The zero-order chi connectivity index (χ0) is 8.27. The number of hydrogen-bond donors (Lipinski definition) is 0. The minimum atomic E-state index is 0.150. The SMILES string of the molecule is COC(C1=CCCO1)C(C)C. The first-order valence-corrected chi connectivity index (χ1v) is 4.11. The molecule has 0 fully saturated rings. The summed E-state index contributed by atoms with van der Waals surface area (Å²) in [6.45, 7) is 5.09. The molecule has 0 bridgehead atoms. The molecular formula is C9H16O2. The van der Waals surface area contributed by atoms with Crippen molar-refractivity contribution in [2.75, 3.05) is 13.7 Å². The van der Waals surface area contributed by atoms with E-state index in [2.05, 4.69) is 19.9 Å². The average molecular weight is 156 g/mol. The Morgan fingerprint density at radius 3 is 2.64 bits per heavy atom. The first kappa shape index (κ1) is 8.60. The molecule has 0 N–H and O–H groups in total. The van der Waals surface area contributed by atoms with Gasteiger partial charge in [-0.05, 0) is 12.0 Å². The fourth-order valence-corrected chi connectivity index (χ4v) is 1.35. The summed E-state index contributed by atoms with van der Waals surface area (Å²) in [6, 6.07) is 0. The summed E-state index contributed by atoms with van der Waals surface area (Å²) >= 11 is 0. The third-order valence-electron chi connectivity index (χ3n) is 1.87. The monoisotopic (exact) mass is 156 g/mol. The van der Waals surface area contributed by atoms with E-state index in [0.29, 0.717) is 5.92 Å². The van der Waals surface area contributed by atoms with Gasteiger partial charge in [-0.3, -0.25) is 0 Å². The molecule has 0 aromatic rings. The largest absolute Gasteiger partial charge is 0.495 e. The third-order valence-corrected chi connectivity index (χ3v) is 1.87. The van der Waals surface area contributed by atoms with Crippen LogP contribution in [0.4, 0.5) is 0 Å². The van der Waals surface area contributed by atoms with Gasteiger partial charge in [-0.2, -0.15) is 0 Å². The highest BCUT2D eigenvalue weighted by molar-refractivity contribution is 5.05. The molecule has 1 aliphatic heterocycles. The summed E-state index contributed by atoms with van der Waals surface area (Å²) in [4.78, 5) is 0. The van der Waals surface area contributed by atoms with E-state index in [1.807, 2.05) is 0 Å². The number of rotatable bonds is 3. The van der Waals surface area contributed by atoms with Crippen molar-refractivity contribution in [1.29, 1.82) is 0 Å². The maximum Gasteiger partial charge on any atom is 0.121 e. The minimum absolute atomic E-state index is 0.150. The molecule has 1 unspecified atom stereocenters. The van der Waals surface area contributed by atoms with Crippen molar-refractivity contribution in [3.8, 4) is 0 Å². The van der Waals surface area contributed by atoms with Crippen molar-refractivity contribution in [2.24, 2.45) is 5.92 Å². The summed E-state index contributed by atoms with van der Waals surface area (Å²) in [7, 11) is 1.73. The van der Waals surface area contributed by atoms with Crippen LogP contribution in [0.15, 0.2) is 11.8 Å². The Bertz CT molecular complexity index is 150. The van der Waals surface area contributed by atoms with Crippen molar-refractivity contribution >= 4 is 0 Å². The van der Waals surface area contributed by atoms with Crippen molar-refractivity contribution in [2.45, 2.75) is 26.4 Å². The smallest absolute Gasteiger partial charge is 0.121 e. The Morgan fingerprint density at radius 2 is 2.27 bits per heavy atom. The normalized spacial score (nSPS) is 19.8. The Balaban J connectivity index is 2.53. The van der Waals surface area contributed by atoms with Gasteiger partial charge in [-0.15, -0.1) is 0 Å². The molecule has 0 spiro atoms. The Hall–Kier alpha value is -0.500. The van der Waals surface area contributed by atoms with Gasteiger partial charge in [0.2, 0.25) is 0 Å². The predicted octanol–water partition coefficient (Wildman–Crippen LogP) is 1.96. The quantitative estimate of drug-likeness (QED) is 0.622. The number of hydrogen-bond acceptors (Lipinski definition) is 2. The molecule has 0 aromatic heterocycles. The molecule has 0 aliphatic carbocycles. The van der Waals surface area contributed by atoms with Crippen molar-refractivity contribution in [3.63, 3.8) is 0 Å². The molecule has 0 saturated carbocycles. The van der Waals surface area contributed by atoms with Crippen LogP contribution in [0, 0.1) is 5.92 Å². The zero-order valence-electron chi connectivity index (χ0n) is 7.46. The second kappa shape index (κ2) is 3.77. The van der Waals surface area contributed by atoms with E-state index in [0.717, 1.165) is 18.8 Å². The van der Waals surface area contributed by atoms with Gasteiger partial charge in [0.1, 0.15) is 11.9 Å². The van der Waals surface area contributed by atoms with Crippen molar-refractivity contribution in [1.82, 2.24) is 0 Å². The molecule has 2 heteroatoms. The lowest BCUT2D eigenvalue weighted by Gasteiger charge is -2.19. The molecule has 0 aromatic carbocycles. The van der Waals surface area contributed by atoms with Gasteiger partial charge < -0.3 is 9.47 Å². The first-order valence-electron chi connectivity index (χ1n) is 4.11. The van der Waals surface area contributed by atoms with E-state index >= 15 is 0 Å². The fraction of sp³-hybridized carbons (Fsp3) is 0.778. The van der Waals surface area contributed by atoms with Crippen LogP contribution < -0.4 is 0 Å². The van der Waals surface area contributed by atoms with Gasteiger partial charge in [-0.1, -0.05) is 13.8 Å². The van der Waals surface area contributed by atoms with Crippen LogP contribution in [-0.2, 0) is 9.47 Å². The van der Waals surface area contributed by atoms with E-state index in [1.165, 1.54) is 0 Å². The second-order valence-electron chi connectivity index (χ2n) is 3.14. The van der Waals surface area contributed by atoms with Crippen LogP contribution in [0.25, 0.3) is 0 Å². The average Bonchev–Trinajstić information content (AvgIpc) is 2.40. The van der Waals surface area contributed by atoms with Crippen molar-refractivity contribution in [3.05, 3.63) is 11.8 Å². The molecule has 0 saturated heterocycles. The Kier molecular flexibility index (Phi) is 2.94. The summed E-state index contributed by atoms with van der Waals surface area (Å²) in [5, 5.41) is 0. The lowest BCUT2D eigenvalue weighted by Crippen LogP contribution is -2.20. The van der Waals surface area contributed by atoms with Gasteiger partial charge in [-0.25, -0.2) is 0 Å². The molecule has 0 radical (unpaired) electrons. The van der Waals surface area contributed by atoms with E-state index in [1.54, 1.807) is 7.11 Å². The molecule has 2 nitrogen and oxygen atoms in total. The van der Waals surface area contributed by atoms with E-state index in [-0.39, 0.29) is 6.10 Å². The van der Waals surface area contributed by atoms with Crippen LogP contribution in [0.3, 0.4) is 0 Å². The molecule has 11 heavy (non-hydrogen) atoms. The Morgan fingerprint density at radius 1 is 1.55 bits per heavy atom. The highest BCUT2D eigenvalue weighted by atomic mass is 16.5. The zero-order valence-corrected chi connectivity index (χ0v) is 7.46. The standard InChI is InChI=1S/C9H16O2/c1-7(2)9(10-3)8-5-4-6-11-8/h5,7,9H,4,6H2,1-3H3. The van der Waals surface area contributed by atoms with Crippen molar-refractivity contribution < 1.29 is 9.47 Å². The molecule has 1 rings (SSSR count). The van der Waals surface area contributed by atoms with E-state index in [9.17, 15) is 0 Å². The number of methoxy groups -OCH3 is 1. The van der Waals surface area contributed by atoms with E-state index in [4.69, 9.17) is 9.47 Å². The van der Waals surface area contributed by atoms with Gasteiger partial charge in [0.25, 0.3) is 0 Å². The third kappa shape index (κ3) is 1.96. The maximum absolute atomic E-state index is 5.40. The van der Waals surface area contributed by atoms with Gasteiger partial charge >= 0.3 is 0 Å². The highest BCUT2D eigenvalue weighted by Crippen LogP contribution is 2.21. The molecule has 1 heterocycles. The summed E-state index contributed by atoms with van der Waals surface area (Å²) < 4.78 is 10.7. The second-order valence-corrected chi connectivity index (χ2v) is 3.14. The first-order chi connectivity index (χ1) is 5.25. The lowest BCUT2D eigenvalue weighted by molar-refractivity contribution is 0.0441. The molecule has 0 amide bonds. The Labute approximate surface area is 68.2 Å². The predicted molar refractivity (Wildman–Crippen MR) is 44.3 cm³/mol. The van der Waals surface area contributed by atoms with Gasteiger partial charge in [0, 0.05) is 13.5 Å². The van der Waals surface area contributed by atoms with Crippen LogP contribution in [-0.4, -0.2) is 19.8 Å².